The fourth-order valence-electron chi connectivity index (χ4n) is 5.35. The van der Waals surface area contributed by atoms with Gasteiger partial charge in [-0.15, -0.1) is 0 Å². The Balaban J connectivity index is 1.81. The second-order valence-corrected chi connectivity index (χ2v) is 14.5. The largest absolute Gasteiger partial charge is 0.354 e. The molecule has 4 aromatic rings. The number of carbonyl (C=O) groups excluding carboxylic acids is 2. The zero-order valence-corrected chi connectivity index (χ0v) is 29.3. The van der Waals surface area contributed by atoms with Crippen LogP contribution in [0.15, 0.2) is 106 Å². The van der Waals surface area contributed by atoms with Crippen LogP contribution in [0.3, 0.4) is 0 Å². The van der Waals surface area contributed by atoms with Crippen molar-refractivity contribution in [2.24, 2.45) is 0 Å². The molecule has 0 aromatic heterocycles. The molecule has 242 valence electrons. The number of benzene rings is 4. The highest BCUT2D eigenvalue weighted by atomic mass is 79.9. The summed E-state index contributed by atoms with van der Waals surface area (Å²) < 4.78 is 30.5. The Labute approximate surface area is 281 Å². The molecule has 2 amide bonds. The minimum atomic E-state index is -4.16. The van der Waals surface area contributed by atoms with Crippen LogP contribution in [0.1, 0.15) is 47.6 Å². The van der Waals surface area contributed by atoms with Crippen molar-refractivity contribution in [2.45, 2.75) is 64.4 Å². The van der Waals surface area contributed by atoms with Crippen LogP contribution in [-0.2, 0) is 32.6 Å². The molecule has 0 spiro atoms. The van der Waals surface area contributed by atoms with Crippen molar-refractivity contribution in [1.29, 1.82) is 0 Å². The van der Waals surface area contributed by atoms with Crippen LogP contribution in [0, 0.1) is 20.8 Å². The van der Waals surface area contributed by atoms with Crippen molar-refractivity contribution in [3.05, 3.63) is 129 Å². The van der Waals surface area contributed by atoms with Crippen molar-refractivity contribution >= 4 is 43.5 Å². The number of amides is 2. The van der Waals surface area contributed by atoms with E-state index in [9.17, 15) is 18.0 Å². The van der Waals surface area contributed by atoms with Gasteiger partial charge >= 0.3 is 0 Å². The summed E-state index contributed by atoms with van der Waals surface area (Å²) in [5, 5.41) is 3.02. The van der Waals surface area contributed by atoms with Crippen LogP contribution < -0.4 is 9.62 Å². The molecule has 4 aromatic carbocycles. The Morgan fingerprint density at radius 2 is 1.46 bits per heavy atom. The number of nitrogens with zero attached hydrogens (tertiary/aromatic N) is 2. The van der Waals surface area contributed by atoms with E-state index in [-0.39, 0.29) is 23.8 Å². The number of hydrogen-bond donors (Lipinski definition) is 1. The Kier molecular flexibility index (Phi) is 12.2. The minimum Gasteiger partial charge on any atom is -0.354 e. The molecule has 0 heterocycles. The van der Waals surface area contributed by atoms with Gasteiger partial charge in [0.05, 0.1) is 10.6 Å². The van der Waals surface area contributed by atoms with E-state index in [2.05, 4.69) is 21.2 Å². The SMILES string of the molecule is CCCCNC(=O)[C@@H](Cc1ccccc1)N(Cc1cccc(Br)c1)C(=O)CN(c1cc(C)cc(C)c1)S(=O)(=O)c1ccc(C)cc1. The van der Waals surface area contributed by atoms with Crippen LogP contribution in [0.2, 0.25) is 0 Å². The molecule has 7 nitrogen and oxygen atoms in total. The van der Waals surface area contributed by atoms with Gasteiger partial charge in [0, 0.05) is 24.0 Å². The predicted molar refractivity (Wildman–Crippen MR) is 188 cm³/mol. The summed E-state index contributed by atoms with van der Waals surface area (Å²) in [6, 6.07) is 28.3. The highest BCUT2D eigenvalue weighted by Crippen LogP contribution is 2.27. The summed E-state index contributed by atoms with van der Waals surface area (Å²) in [6.45, 7) is 7.84. The first kappa shape index (κ1) is 34.9. The van der Waals surface area contributed by atoms with E-state index < -0.39 is 28.5 Å². The summed E-state index contributed by atoms with van der Waals surface area (Å²) in [4.78, 5) is 30.1. The van der Waals surface area contributed by atoms with Crippen molar-refractivity contribution in [2.75, 3.05) is 17.4 Å². The number of sulfonamides is 1. The smallest absolute Gasteiger partial charge is 0.264 e. The van der Waals surface area contributed by atoms with Gasteiger partial charge < -0.3 is 10.2 Å². The monoisotopic (exact) mass is 703 g/mol. The lowest BCUT2D eigenvalue weighted by molar-refractivity contribution is -0.140. The maximum atomic E-state index is 14.6. The van der Waals surface area contributed by atoms with Crippen molar-refractivity contribution in [3.8, 4) is 0 Å². The Hall–Kier alpha value is -3.95. The quantitative estimate of drug-likeness (QED) is 0.142. The molecule has 4 rings (SSSR count). The van der Waals surface area contributed by atoms with Crippen LogP contribution in [0.4, 0.5) is 5.69 Å². The topological polar surface area (TPSA) is 86.8 Å². The predicted octanol–water partition coefficient (Wildman–Crippen LogP) is 7.13. The van der Waals surface area contributed by atoms with E-state index >= 15 is 0 Å². The van der Waals surface area contributed by atoms with Crippen LogP contribution in [0.5, 0.6) is 0 Å². The van der Waals surface area contributed by atoms with E-state index in [1.165, 1.54) is 9.21 Å². The van der Waals surface area contributed by atoms with E-state index in [0.29, 0.717) is 12.2 Å². The van der Waals surface area contributed by atoms with Gasteiger partial charge in [-0.25, -0.2) is 8.42 Å². The molecule has 46 heavy (non-hydrogen) atoms. The lowest BCUT2D eigenvalue weighted by Gasteiger charge is -2.34. The molecule has 0 saturated heterocycles. The number of anilines is 1. The van der Waals surface area contributed by atoms with Gasteiger partial charge in [-0.05, 0) is 85.8 Å². The number of unbranched alkanes of at least 4 members (excludes halogenated alkanes) is 1. The molecule has 0 bridgehead atoms. The van der Waals surface area contributed by atoms with Gasteiger partial charge in [0.2, 0.25) is 11.8 Å². The third-order valence-corrected chi connectivity index (χ3v) is 10.0. The second-order valence-electron chi connectivity index (χ2n) is 11.7. The summed E-state index contributed by atoms with van der Waals surface area (Å²) in [5.74, 6) is -0.763. The molecule has 1 atom stereocenters. The van der Waals surface area contributed by atoms with E-state index in [0.717, 1.165) is 45.1 Å². The summed E-state index contributed by atoms with van der Waals surface area (Å²) >= 11 is 3.52. The lowest BCUT2D eigenvalue weighted by atomic mass is 10.0. The molecule has 0 fully saturated rings. The highest BCUT2D eigenvalue weighted by Gasteiger charge is 2.34. The average molecular weight is 705 g/mol. The first-order chi connectivity index (χ1) is 22.0. The molecule has 0 unspecified atom stereocenters. The lowest BCUT2D eigenvalue weighted by Crippen LogP contribution is -2.53. The molecule has 0 aliphatic heterocycles. The van der Waals surface area contributed by atoms with Gasteiger partial charge in [-0.2, -0.15) is 0 Å². The fourth-order valence-corrected chi connectivity index (χ4v) is 7.20. The van der Waals surface area contributed by atoms with Gasteiger partial charge in [-0.1, -0.05) is 95.5 Å². The number of nitrogens with one attached hydrogen (secondary N) is 1. The number of carbonyl (C=O) groups is 2. The van der Waals surface area contributed by atoms with E-state index in [1.54, 1.807) is 36.4 Å². The Morgan fingerprint density at radius 3 is 2.09 bits per heavy atom. The van der Waals surface area contributed by atoms with Crippen molar-refractivity contribution < 1.29 is 18.0 Å². The second kappa shape index (κ2) is 16.1. The maximum absolute atomic E-state index is 14.6. The molecule has 0 radical (unpaired) electrons. The summed E-state index contributed by atoms with van der Waals surface area (Å²) in [7, 11) is -4.16. The van der Waals surface area contributed by atoms with Gasteiger partial charge in [0.15, 0.2) is 0 Å². The Morgan fingerprint density at radius 1 is 0.804 bits per heavy atom. The van der Waals surface area contributed by atoms with Crippen LogP contribution in [-0.4, -0.2) is 44.3 Å². The number of aryl methyl sites for hydroxylation is 3. The molecule has 0 aliphatic carbocycles. The third-order valence-electron chi connectivity index (χ3n) is 7.72. The molecular formula is C37H42BrN3O4S. The zero-order valence-electron chi connectivity index (χ0n) is 26.9. The number of rotatable bonds is 14. The van der Waals surface area contributed by atoms with Crippen LogP contribution in [0.25, 0.3) is 0 Å². The molecule has 0 saturated carbocycles. The standard InChI is InChI=1S/C37H42BrN3O4S/c1-5-6-19-39-37(43)35(24-30-11-8-7-9-12-30)40(25-31-13-10-14-32(38)23-31)36(42)26-41(33-21-28(3)20-29(4)22-33)46(44,45)34-17-15-27(2)16-18-34/h7-18,20-23,35H,5-6,19,24-26H2,1-4H3,(H,39,43)/t35-/m1/s1. The first-order valence-corrected chi connectivity index (χ1v) is 17.7. The minimum absolute atomic E-state index is 0.0849. The number of hydrogen-bond acceptors (Lipinski definition) is 4. The highest BCUT2D eigenvalue weighted by molar-refractivity contribution is 9.10. The summed E-state index contributed by atoms with van der Waals surface area (Å²) in [6.07, 6.45) is 1.98. The van der Waals surface area contributed by atoms with Crippen molar-refractivity contribution in [3.63, 3.8) is 0 Å². The summed E-state index contributed by atoms with van der Waals surface area (Å²) in [5.41, 5.74) is 4.75. The third kappa shape index (κ3) is 9.30. The Bertz CT molecular complexity index is 1720. The van der Waals surface area contributed by atoms with Gasteiger partial charge in [0.1, 0.15) is 12.6 Å². The molecule has 0 aliphatic rings. The van der Waals surface area contributed by atoms with Gasteiger partial charge in [0.25, 0.3) is 10.0 Å². The van der Waals surface area contributed by atoms with Crippen molar-refractivity contribution in [1.82, 2.24) is 10.2 Å². The van der Waals surface area contributed by atoms with E-state index in [1.807, 2.05) is 88.4 Å². The van der Waals surface area contributed by atoms with Gasteiger partial charge in [-0.3, -0.25) is 13.9 Å². The normalized spacial score (nSPS) is 11.9. The zero-order chi connectivity index (χ0) is 33.3. The number of halogens is 1. The molecule has 1 N–H and O–H groups in total. The van der Waals surface area contributed by atoms with E-state index in [4.69, 9.17) is 0 Å². The fraction of sp³-hybridized carbons (Fsp3) is 0.297. The molecular weight excluding hydrogens is 662 g/mol. The molecule has 9 heteroatoms. The van der Waals surface area contributed by atoms with Crippen LogP contribution >= 0.6 is 15.9 Å². The first-order valence-electron chi connectivity index (χ1n) is 15.5. The maximum Gasteiger partial charge on any atom is 0.264 e. The average Bonchev–Trinajstić information content (AvgIpc) is 3.01.